The summed E-state index contributed by atoms with van der Waals surface area (Å²) in [6.45, 7) is 5.51. The van der Waals surface area contributed by atoms with Gasteiger partial charge in [0, 0.05) is 12.2 Å². The maximum atomic E-state index is 13.6. The van der Waals surface area contributed by atoms with E-state index in [0.717, 1.165) is 6.07 Å². The number of benzene rings is 1. The van der Waals surface area contributed by atoms with Gasteiger partial charge < -0.3 is 4.74 Å². The van der Waals surface area contributed by atoms with Crippen LogP contribution in [0.5, 0.6) is 0 Å². The molecule has 0 aromatic heterocycles. The molecule has 1 rings (SSSR count). The Hall–Kier alpha value is -1.43. The van der Waals surface area contributed by atoms with Crippen LogP contribution in [0.4, 0.5) is 17.6 Å². The molecule has 0 unspecified atom stereocenters. The van der Waals surface area contributed by atoms with Crippen molar-refractivity contribution in [1.29, 1.82) is 0 Å². The predicted octanol–water partition coefficient (Wildman–Crippen LogP) is 4.62. The van der Waals surface area contributed by atoms with Gasteiger partial charge in [-0.25, -0.2) is 4.39 Å². The van der Waals surface area contributed by atoms with Gasteiger partial charge in [-0.2, -0.15) is 13.2 Å². The number of carbonyl (C=O) groups is 1. The lowest BCUT2D eigenvalue weighted by Crippen LogP contribution is -2.40. The molecule has 1 aromatic carbocycles. The van der Waals surface area contributed by atoms with Crippen molar-refractivity contribution in [2.24, 2.45) is 0 Å². The van der Waals surface area contributed by atoms with Gasteiger partial charge in [0.05, 0.1) is 5.56 Å². The van der Waals surface area contributed by atoms with Crippen molar-refractivity contribution in [3.63, 3.8) is 0 Å². The van der Waals surface area contributed by atoms with Crippen molar-refractivity contribution in [3.05, 3.63) is 35.1 Å². The van der Waals surface area contributed by atoms with Crippen LogP contribution in [-0.4, -0.2) is 18.0 Å². The van der Waals surface area contributed by atoms with Crippen LogP contribution in [0, 0.1) is 5.82 Å². The number of halogens is 4. The van der Waals surface area contributed by atoms with E-state index in [2.05, 4.69) is 0 Å². The largest absolute Gasteiger partial charge is 0.419 e. The molecule has 0 aliphatic carbocycles. The van der Waals surface area contributed by atoms with Crippen LogP contribution >= 0.6 is 0 Å². The fraction of sp³-hybridized carbons (Fsp3) is 0.533. The molecular formula is C15H18F4O2. The fourth-order valence-corrected chi connectivity index (χ4v) is 2.27. The zero-order valence-electron chi connectivity index (χ0n) is 12.2. The van der Waals surface area contributed by atoms with Crippen molar-refractivity contribution in [3.8, 4) is 0 Å². The van der Waals surface area contributed by atoms with E-state index in [4.69, 9.17) is 4.74 Å². The first-order valence-corrected chi connectivity index (χ1v) is 6.77. The van der Waals surface area contributed by atoms with Crippen LogP contribution in [0.1, 0.15) is 49.5 Å². The Bertz CT molecular complexity index is 505. The van der Waals surface area contributed by atoms with Gasteiger partial charge in [0.25, 0.3) is 0 Å². The third kappa shape index (κ3) is 3.61. The Labute approximate surface area is 121 Å². The molecule has 0 N–H and O–H groups in total. The first-order chi connectivity index (χ1) is 9.71. The summed E-state index contributed by atoms with van der Waals surface area (Å²) < 4.78 is 56.6. The summed E-state index contributed by atoms with van der Waals surface area (Å²) >= 11 is 0. The molecule has 118 valence electrons. The molecular weight excluding hydrogens is 288 g/mol. The lowest BCUT2D eigenvalue weighted by atomic mass is 9.87. The lowest BCUT2D eigenvalue weighted by Gasteiger charge is -2.30. The predicted molar refractivity (Wildman–Crippen MR) is 70.7 cm³/mol. The Balaban J connectivity index is 3.22. The van der Waals surface area contributed by atoms with E-state index in [1.165, 1.54) is 0 Å². The highest BCUT2D eigenvalue weighted by molar-refractivity contribution is 6.02. The summed E-state index contributed by atoms with van der Waals surface area (Å²) in [6.07, 6.45) is -4.06. The topological polar surface area (TPSA) is 26.3 Å². The number of ketones is 1. The molecule has 0 saturated carbocycles. The van der Waals surface area contributed by atoms with E-state index in [1.807, 2.05) is 0 Å². The van der Waals surface area contributed by atoms with E-state index >= 15 is 0 Å². The van der Waals surface area contributed by atoms with Gasteiger partial charge in [0.1, 0.15) is 11.4 Å². The SMILES string of the molecule is CCOC(CC)(CC)C(=O)c1ccc(C(F)(F)F)c(F)c1. The highest BCUT2D eigenvalue weighted by Gasteiger charge is 2.38. The van der Waals surface area contributed by atoms with Crippen molar-refractivity contribution in [2.75, 3.05) is 6.61 Å². The molecule has 1 aromatic rings. The monoisotopic (exact) mass is 306 g/mol. The molecule has 2 nitrogen and oxygen atoms in total. The number of alkyl halides is 3. The maximum absolute atomic E-state index is 13.6. The lowest BCUT2D eigenvalue weighted by molar-refractivity contribution is -0.140. The van der Waals surface area contributed by atoms with Crippen LogP contribution < -0.4 is 0 Å². The molecule has 0 spiro atoms. The summed E-state index contributed by atoms with van der Waals surface area (Å²) in [5, 5.41) is 0. The average molecular weight is 306 g/mol. The van der Waals surface area contributed by atoms with Gasteiger partial charge in [-0.15, -0.1) is 0 Å². The first kappa shape index (κ1) is 17.6. The minimum absolute atomic E-state index is 0.113. The maximum Gasteiger partial charge on any atom is 0.419 e. The van der Waals surface area contributed by atoms with Gasteiger partial charge in [-0.05, 0) is 31.9 Å². The second-order valence-electron chi connectivity index (χ2n) is 4.66. The molecule has 21 heavy (non-hydrogen) atoms. The van der Waals surface area contributed by atoms with E-state index in [9.17, 15) is 22.4 Å². The van der Waals surface area contributed by atoms with Crippen molar-refractivity contribution in [2.45, 2.75) is 45.4 Å². The quantitative estimate of drug-likeness (QED) is 0.566. The Kier molecular flexibility index (Phi) is 5.50. The molecule has 0 heterocycles. The second-order valence-corrected chi connectivity index (χ2v) is 4.66. The normalized spacial score (nSPS) is 12.5. The summed E-state index contributed by atoms with van der Waals surface area (Å²) in [4.78, 5) is 12.5. The van der Waals surface area contributed by atoms with Crippen molar-refractivity contribution in [1.82, 2.24) is 0 Å². The van der Waals surface area contributed by atoms with Gasteiger partial charge in [0.2, 0.25) is 0 Å². The Morgan fingerprint density at radius 1 is 1.14 bits per heavy atom. The highest BCUT2D eigenvalue weighted by atomic mass is 19.4. The van der Waals surface area contributed by atoms with Crippen LogP contribution in [0.15, 0.2) is 18.2 Å². The molecule has 0 aliphatic rings. The average Bonchev–Trinajstić information content (AvgIpc) is 2.42. The molecule has 0 aliphatic heterocycles. The van der Waals surface area contributed by atoms with Gasteiger partial charge in [-0.1, -0.05) is 19.9 Å². The van der Waals surface area contributed by atoms with Gasteiger partial charge >= 0.3 is 6.18 Å². The van der Waals surface area contributed by atoms with Crippen LogP contribution in [0.25, 0.3) is 0 Å². The van der Waals surface area contributed by atoms with E-state index in [0.29, 0.717) is 25.0 Å². The van der Waals surface area contributed by atoms with E-state index < -0.39 is 28.9 Å². The van der Waals surface area contributed by atoms with Gasteiger partial charge in [-0.3, -0.25) is 4.79 Å². The zero-order chi connectivity index (χ0) is 16.3. The van der Waals surface area contributed by atoms with Crippen molar-refractivity contribution >= 4 is 5.78 Å². The van der Waals surface area contributed by atoms with E-state index in [1.54, 1.807) is 20.8 Å². The number of carbonyl (C=O) groups excluding carboxylic acids is 1. The summed E-state index contributed by atoms with van der Waals surface area (Å²) in [5.74, 6) is -1.95. The first-order valence-electron chi connectivity index (χ1n) is 6.77. The Morgan fingerprint density at radius 3 is 2.10 bits per heavy atom. The minimum Gasteiger partial charge on any atom is -0.367 e. The number of hydrogen-bond acceptors (Lipinski definition) is 2. The fourth-order valence-electron chi connectivity index (χ4n) is 2.27. The summed E-state index contributed by atoms with van der Waals surface area (Å²) in [7, 11) is 0. The number of ether oxygens (including phenoxy) is 1. The van der Waals surface area contributed by atoms with Crippen LogP contribution in [0.3, 0.4) is 0 Å². The Morgan fingerprint density at radius 2 is 1.71 bits per heavy atom. The number of rotatable bonds is 6. The zero-order valence-corrected chi connectivity index (χ0v) is 12.2. The highest BCUT2D eigenvalue weighted by Crippen LogP contribution is 2.33. The molecule has 0 radical (unpaired) electrons. The van der Waals surface area contributed by atoms with Crippen molar-refractivity contribution < 1.29 is 27.1 Å². The summed E-state index contributed by atoms with van der Waals surface area (Å²) in [6, 6.07) is 2.21. The third-order valence-electron chi connectivity index (χ3n) is 3.51. The second kappa shape index (κ2) is 6.56. The van der Waals surface area contributed by atoms with E-state index in [-0.39, 0.29) is 12.2 Å². The smallest absolute Gasteiger partial charge is 0.367 e. The molecule has 0 atom stereocenters. The molecule has 0 saturated heterocycles. The summed E-state index contributed by atoms with van der Waals surface area (Å²) in [5.41, 5.74) is -2.62. The van der Waals surface area contributed by atoms with Gasteiger partial charge in [0.15, 0.2) is 5.78 Å². The molecule has 6 heteroatoms. The third-order valence-corrected chi connectivity index (χ3v) is 3.51. The molecule has 0 fully saturated rings. The standard InChI is InChI=1S/C15H18F4O2/c1-4-14(5-2,21-6-3)13(20)10-7-8-11(12(16)9-10)15(17,18)19/h7-9H,4-6H2,1-3H3. The molecule has 0 amide bonds. The number of Topliss-reactive ketones (excluding diaryl/α,β-unsaturated/α-hetero) is 1. The number of hydrogen-bond donors (Lipinski definition) is 0. The van der Waals surface area contributed by atoms with Crippen LogP contribution in [-0.2, 0) is 10.9 Å². The minimum atomic E-state index is -4.78. The molecule has 0 bridgehead atoms. The van der Waals surface area contributed by atoms with Crippen LogP contribution in [0.2, 0.25) is 0 Å².